The maximum absolute atomic E-state index is 9.19. The zero-order valence-electron chi connectivity index (χ0n) is 5.53. The van der Waals surface area contributed by atoms with Crippen molar-refractivity contribution in [2.24, 2.45) is 5.16 Å². The fourth-order valence-corrected chi connectivity index (χ4v) is 1.17. The van der Waals surface area contributed by atoms with Gasteiger partial charge in [-0.3, -0.25) is 0 Å². The fourth-order valence-electron chi connectivity index (χ4n) is 0.711. The van der Waals surface area contributed by atoms with Crippen LogP contribution < -0.4 is 0 Å². The second-order valence-electron chi connectivity index (χ2n) is 1.92. The van der Waals surface area contributed by atoms with Crippen LogP contribution >= 0.6 is 15.9 Å². The Hall–Kier alpha value is -1.03. The molecule has 1 aromatic carbocycles. The first-order chi connectivity index (χ1) is 5.25. The van der Waals surface area contributed by atoms with Gasteiger partial charge in [-0.2, -0.15) is 0 Å². The molecule has 0 aliphatic heterocycles. The van der Waals surface area contributed by atoms with Crippen LogP contribution in [0.15, 0.2) is 27.8 Å². The number of aromatic hydroxyl groups is 1. The molecule has 1 rings (SSSR count). The van der Waals surface area contributed by atoms with Crippen molar-refractivity contribution in [1.82, 2.24) is 0 Å². The predicted molar refractivity (Wildman–Crippen MR) is 45.2 cm³/mol. The minimum atomic E-state index is 0.0807. The molecule has 0 aromatic heterocycles. The van der Waals surface area contributed by atoms with Gasteiger partial charge < -0.3 is 10.3 Å². The molecule has 58 valence electrons. The Morgan fingerprint density at radius 2 is 2.18 bits per heavy atom. The van der Waals surface area contributed by atoms with Crippen LogP contribution in [0.1, 0.15) is 5.56 Å². The third-order valence-corrected chi connectivity index (χ3v) is 1.91. The van der Waals surface area contributed by atoms with E-state index in [1.807, 2.05) is 0 Å². The minimum absolute atomic E-state index is 0.0807. The second kappa shape index (κ2) is 3.39. The van der Waals surface area contributed by atoms with Crippen LogP contribution in [-0.4, -0.2) is 16.5 Å². The van der Waals surface area contributed by atoms with Crippen molar-refractivity contribution in [2.75, 3.05) is 0 Å². The Morgan fingerprint density at radius 1 is 1.45 bits per heavy atom. The van der Waals surface area contributed by atoms with Gasteiger partial charge in [-0.15, -0.1) is 0 Å². The fraction of sp³-hybridized carbons (Fsp3) is 0. The van der Waals surface area contributed by atoms with E-state index in [1.54, 1.807) is 12.1 Å². The molecule has 0 saturated carbocycles. The lowest BCUT2D eigenvalue weighted by molar-refractivity contribution is 0.321. The van der Waals surface area contributed by atoms with E-state index >= 15 is 0 Å². The van der Waals surface area contributed by atoms with Crippen LogP contribution in [-0.2, 0) is 0 Å². The molecule has 0 unspecified atom stereocenters. The first kappa shape index (κ1) is 8.07. The number of hydrogen-bond acceptors (Lipinski definition) is 3. The Bertz CT molecular complexity index is 266. The standard InChI is InChI=1S/C7H6BrNO2/c8-6-2-1-3-7(10)5(6)4-9-11/h1-4,10-11H. The normalized spacial score (nSPS) is 10.6. The summed E-state index contributed by atoms with van der Waals surface area (Å²) in [6.07, 6.45) is 1.17. The molecule has 4 heteroatoms. The van der Waals surface area contributed by atoms with Gasteiger partial charge in [0, 0.05) is 4.47 Å². The second-order valence-corrected chi connectivity index (χ2v) is 2.77. The molecule has 0 aliphatic carbocycles. The summed E-state index contributed by atoms with van der Waals surface area (Å²) in [5, 5.41) is 20.2. The number of oxime groups is 1. The van der Waals surface area contributed by atoms with E-state index in [2.05, 4.69) is 21.1 Å². The Morgan fingerprint density at radius 3 is 2.73 bits per heavy atom. The Labute approximate surface area is 72.1 Å². The summed E-state index contributed by atoms with van der Waals surface area (Å²) in [5.41, 5.74) is 0.468. The molecule has 1 aromatic rings. The number of halogens is 1. The van der Waals surface area contributed by atoms with Gasteiger partial charge >= 0.3 is 0 Å². The van der Waals surface area contributed by atoms with Crippen molar-refractivity contribution >= 4 is 22.1 Å². The molecule has 0 spiro atoms. The molecular weight excluding hydrogens is 210 g/mol. The smallest absolute Gasteiger partial charge is 0.125 e. The number of hydrogen-bond donors (Lipinski definition) is 2. The molecule has 2 N–H and O–H groups in total. The summed E-state index contributed by atoms with van der Waals surface area (Å²) in [6, 6.07) is 4.95. The number of phenolic OH excluding ortho intramolecular Hbond substituents is 1. The van der Waals surface area contributed by atoms with Gasteiger partial charge in [-0.25, -0.2) is 0 Å². The lowest BCUT2D eigenvalue weighted by Crippen LogP contribution is -1.83. The van der Waals surface area contributed by atoms with Crippen molar-refractivity contribution in [3.05, 3.63) is 28.2 Å². The van der Waals surface area contributed by atoms with Gasteiger partial charge in [0.2, 0.25) is 0 Å². The monoisotopic (exact) mass is 215 g/mol. The van der Waals surface area contributed by atoms with E-state index in [9.17, 15) is 5.11 Å². The van der Waals surface area contributed by atoms with Crippen molar-refractivity contribution in [3.8, 4) is 5.75 Å². The SMILES string of the molecule is ON=Cc1c(O)cccc1Br. The summed E-state index contributed by atoms with van der Waals surface area (Å²) in [5.74, 6) is 0.0807. The quantitative estimate of drug-likeness (QED) is 0.428. The van der Waals surface area contributed by atoms with E-state index in [0.29, 0.717) is 10.0 Å². The van der Waals surface area contributed by atoms with Crippen LogP contribution in [0, 0.1) is 0 Å². The molecule has 0 atom stereocenters. The highest BCUT2D eigenvalue weighted by atomic mass is 79.9. The number of nitrogens with zero attached hydrogens (tertiary/aromatic N) is 1. The van der Waals surface area contributed by atoms with Gasteiger partial charge in [0.15, 0.2) is 0 Å². The van der Waals surface area contributed by atoms with E-state index < -0.39 is 0 Å². The average Bonchev–Trinajstić information content (AvgIpc) is 1.97. The molecule has 0 bridgehead atoms. The van der Waals surface area contributed by atoms with Crippen molar-refractivity contribution in [1.29, 1.82) is 0 Å². The summed E-state index contributed by atoms with van der Waals surface area (Å²) in [7, 11) is 0. The largest absolute Gasteiger partial charge is 0.507 e. The zero-order chi connectivity index (χ0) is 8.27. The van der Waals surface area contributed by atoms with Crippen molar-refractivity contribution in [3.63, 3.8) is 0 Å². The molecule has 11 heavy (non-hydrogen) atoms. The van der Waals surface area contributed by atoms with Gasteiger partial charge in [0.25, 0.3) is 0 Å². The molecule has 0 amide bonds. The summed E-state index contributed by atoms with van der Waals surface area (Å²) >= 11 is 3.19. The minimum Gasteiger partial charge on any atom is -0.507 e. The number of benzene rings is 1. The van der Waals surface area contributed by atoms with E-state index in [-0.39, 0.29) is 5.75 Å². The summed E-state index contributed by atoms with van der Waals surface area (Å²) < 4.78 is 0.690. The maximum atomic E-state index is 9.19. The molecule has 0 radical (unpaired) electrons. The van der Waals surface area contributed by atoms with Crippen LogP contribution in [0.25, 0.3) is 0 Å². The molecule has 3 nitrogen and oxygen atoms in total. The predicted octanol–water partition coefficient (Wildman–Crippen LogP) is 1.96. The van der Waals surface area contributed by atoms with Crippen LogP contribution in [0.3, 0.4) is 0 Å². The van der Waals surface area contributed by atoms with E-state index in [1.165, 1.54) is 12.3 Å². The van der Waals surface area contributed by atoms with Crippen molar-refractivity contribution < 1.29 is 10.3 Å². The van der Waals surface area contributed by atoms with Crippen LogP contribution in [0.5, 0.6) is 5.75 Å². The third kappa shape index (κ3) is 1.71. The number of rotatable bonds is 1. The lowest BCUT2D eigenvalue weighted by atomic mass is 10.2. The highest BCUT2D eigenvalue weighted by Crippen LogP contribution is 2.23. The summed E-state index contributed by atoms with van der Waals surface area (Å²) in [6.45, 7) is 0. The average molecular weight is 216 g/mol. The summed E-state index contributed by atoms with van der Waals surface area (Å²) in [4.78, 5) is 0. The van der Waals surface area contributed by atoms with Crippen molar-refractivity contribution in [2.45, 2.75) is 0 Å². The van der Waals surface area contributed by atoms with Gasteiger partial charge in [-0.05, 0) is 28.1 Å². The first-order valence-electron chi connectivity index (χ1n) is 2.90. The highest BCUT2D eigenvalue weighted by molar-refractivity contribution is 9.10. The van der Waals surface area contributed by atoms with Gasteiger partial charge in [0.05, 0.1) is 11.8 Å². The van der Waals surface area contributed by atoms with E-state index in [0.717, 1.165) is 0 Å². The molecule has 0 aliphatic rings. The topological polar surface area (TPSA) is 52.8 Å². The van der Waals surface area contributed by atoms with Gasteiger partial charge in [0.1, 0.15) is 5.75 Å². The first-order valence-corrected chi connectivity index (χ1v) is 3.70. The molecule has 0 heterocycles. The molecular formula is C7H6BrNO2. The number of phenols is 1. The van der Waals surface area contributed by atoms with Crippen LogP contribution in [0.4, 0.5) is 0 Å². The van der Waals surface area contributed by atoms with Crippen LogP contribution in [0.2, 0.25) is 0 Å². The maximum Gasteiger partial charge on any atom is 0.125 e. The molecule has 0 fully saturated rings. The zero-order valence-corrected chi connectivity index (χ0v) is 7.12. The lowest BCUT2D eigenvalue weighted by Gasteiger charge is -1.98. The Balaban J connectivity index is 3.20. The van der Waals surface area contributed by atoms with Gasteiger partial charge in [-0.1, -0.05) is 11.2 Å². The van der Waals surface area contributed by atoms with E-state index in [4.69, 9.17) is 5.21 Å². The third-order valence-electron chi connectivity index (χ3n) is 1.22. The molecule has 0 saturated heterocycles. The highest BCUT2D eigenvalue weighted by Gasteiger charge is 2.01. The Kier molecular flexibility index (Phi) is 2.48.